The molecule has 3 rings (SSSR count). The molecule has 0 saturated carbocycles. The van der Waals surface area contributed by atoms with Crippen LogP contribution in [0.3, 0.4) is 0 Å². The number of aryl methyl sites for hydroxylation is 1. The van der Waals surface area contributed by atoms with Crippen LogP contribution in [0.2, 0.25) is 0 Å². The molecule has 0 spiro atoms. The molecule has 0 atom stereocenters. The van der Waals surface area contributed by atoms with Crippen LogP contribution in [0.25, 0.3) is 0 Å². The summed E-state index contributed by atoms with van der Waals surface area (Å²) < 4.78 is 21.4. The number of ether oxygens (including phenoxy) is 4. The fraction of sp³-hybridized carbons (Fsp3) is 0.111. The average molecular weight is 440 g/mol. The fourth-order valence-corrected chi connectivity index (χ4v) is 2.75. The van der Waals surface area contributed by atoms with Crippen molar-refractivity contribution in [2.75, 3.05) is 13.2 Å². The summed E-state index contributed by atoms with van der Waals surface area (Å²) in [4.78, 5) is 24.8. The van der Waals surface area contributed by atoms with E-state index < -0.39 is 11.9 Å². The topological polar surface area (TPSA) is 71.1 Å². The minimum atomic E-state index is -0.533. The lowest BCUT2D eigenvalue weighted by atomic mass is 10.2. The molecular formula is C27H20O6. The first kappa shape index (κ1) is 23.0. The molecule has 0 aliphatic heterocycles. The molecule has 3 aromatic carbocycles. The quantitative estimate of drug-likeness (QED) is 0.293. The molecule has 0 unspecified atom stereocenters. The molecule has 6 nitrogen and oxygen atoms in total. The Labute approximate surface area is 192 Å². The van der Waals surface area contributed by atoms with E-state index in [2.05, 4.69) is 11.8 Å². The Balaban J connectivity index is 1.61. The first-order chi connectivity index (χ1) is 16.0. The van der Waals surface area contributed by atoms with E-state index in [1.807, 2.05) is 0 Å². The lowest BCUT2D eigenvalue weighted by molar-refractivity contribution is 0.0718. The van der Waals surface area contributed by atoms with Gasteiger partial charge in [-0.3, -0.25) is 0 Å². The molecule has 164 valence electrons. The van der Waals surface area contributed by atoms with E-state index in [4.69, 9.17) is 31.8 Å². The summed E-state index contributed by atoms with van der Waals surface area (Å²) in [5.41, 5.74) is 1.33. The Morgan fingerprint density at radius 3 is 1.61 bits per heavy atom. The van der Waals surface area contributed by atoms with Crippen molar-refractivity contribution in [1.29, 1.82) is 0 Å². The van der Waals surface area contributed by atoms with E-state index in [0.717, 1.165) is 0 Å². The van der Waals surface area contributed by atoms with E-state index in [0.29, 0.717) is 39.7 Å². The van der Waals surface area contributed by atoms with Crippen LogP contribution in [-0.2, 0) is 0 Å². The van der Waals surface area contributed by atoms with Crippen LogP contribution in [-0.4, -0.2) is 25.2 Å². The van der Waals surface area contributed by atoms with Gasteiger partial charge in [0.15, 0.2) is 0 Å². The van der Waals surface area contributed by atoms with Gasteiger partial charge in [0.05, 0.1) is 11.1 Å². The molecule has 0 aliphatic carbocycles. The highest BCUT2D eigenvalue weighted by Gasteiger charge is 2.13. The maximum absolute atomic E-state index is 12.4. The Morgan fingerprint density at radius 2 is 1.15 bits per heavy atom. The zero-order valence-electron chi connectivity index (χ0n) is 17.9. The summed E-state index contributed by atoms with van der Waals surface area (Å²) in [5.74, 6) is 5.46. The minimum absolute atomic E-state index is 0.145. The molecule has 0 bridgehead atoms. The third-order valence-corrected chi connectivity index (χ3v) is 4.38. The zero-order valence-corrected chi connectivity index (χ0v) is 17.9. The van der Waals surface area contributed by atoms with Gasteiger partial charge in [0.1, 0.15) is 36.2 Å². The standard InChI is InChI=1S/C27H20O6/c1-4-16-30-22-10-6-20(7-11-22)26(28)32-24-14-15-25(19(3)18-24)33-27(29)21-8-12-23(13-9-21)31-17-5-2/h1-2,6-15,18H,16-17H2,3H3. The summed E-state index contributed by atoms with van der Waals surface area (Å²) in [5, 5.41) is 0. The van der Waals surface area contributed by atoms with Gasteiger partial charge in [-0.05, 0) is 79.2 Å². The lowest BCUT2D eigenvalue weighted by Crippen LogP contribution is -2.10. The monoisotopic (exact) mass is 440 g/mol. The van der Waals surface area contributed by atoms with Crippen molar-refractivity contribution in [3.05, 3.63) is 83.4 Å². The lowest BCUT2D eigenvalue weighted by Gasteiger charge is -2.10. The zero-order chi connectivity index (χ0) is 23.6. The number of esters is 2. The first-order valence-electron chi connectivity index (χ1n) is 9.88. The molecular weight excluding hydrogens is 420 g/mol. The van der Waals surface area contributed by atoms with Crippen molar-refractivity contribution >= 4 is 11.9 Å². The van der Waals surface area contributed by atoms with E-state index >= 15 is 0 Å². The van der Waals surface area contributed by atoms with Crippen LogP contribution >= 0.6 is 0 Å². The maximum atomic E-state index is 12.4. The second-order valence-electron chi connectivity index (χ2n) is 6.74. The van der Waals surface area contributed by atoms with Crippen LogP contribution in [0, 0.1) is 31.6 Å². The summed E-state index contributed by atoms with van der Waals surface area (Å²) in [6.45, 7) is 2.03. The fourth-order valence-electron chi connectivity index (χ4n) is 2.75. The van der Waals surface area contributed by atoms with Crippen LogP contribution in [0.15, 0.2) is 66.7 Å². The number of carbonyl (C=O) groups excluding carboxylic acids is 2. The molecule has 0 aromatic heterocycles. The normalized spacial score (nSPS) is 9.79. The number of hydrogen-bond donors (Lipinski definition) is 0. The van der Waals surface area contributed by atoms with Crippen LogP contribution in [0.4, 0.5) is 0 Å². The van der Waals surface area contributed by atoms with Gasteiger partial charge in [0.25, 0.3) is 0 Å². The minimum Gasteiger partial charge on any atom is -0.481 e. The summed E-state index contributed by atoms with van der Waals surface area (Å²) in [7, 11) is 0. The average Bonchev–Trinajstić information content (AvgIpc) is 2.83. The molecule has 0 N–H and O–H groups in total. The van der Waals surface area contributed by atoms with Crippen LogP contribution < -0.4 is 18.9 Å². The molecule has 3 aromatic rings. The van der Waals surface area contributed by atoms with E-state index in [9.17, 15) is 9.59 Å². The van der Waals surface area contributed by atoms with Gasteiger partial charge in [-0.2, -0.15) is 0 Å². The van der Waals surface area contributed by atoms with E-state index in [1.165, 1.54) is 0 Å². The van der Waals surface area contributed by atoms with Gasteiger partial charge in [-0.15, -0.1) is 12.8 Å². The predicted octanol–water partition coefficient (Wildman–Crippen LogP) is 4.46. The van der Waals surface area contributed by atoms with Crippen molar-refractivity contribution in [3.8, 4) is 47.7 Å². The van der Waals surface area contributed by atoms with E-state index in [1.54, 1.807) is 73.7 Å². The molecule has 33 heavy (non-hydrogen) atoms. The van der Waals surface area contributed by atoms with Gasteiger partial charge in [-0.1, -0.05) is 11.8 Å². The third kappa shape index (κ3) is 6.40. The summed E-state index contributed by atoms with van der Waals surface area (Å²) >= 11 is 0. The Morgan fingerprint density at radius 1 is 0.697 bits per heavy atom. The largest absolute Gasteiger partial charge is 0.481 e. The Hall–Kier alpha value is -4.68. The summed E-state index contributed by atoms with van der Waals surface area (Å²) in [6.07, 6.45) is 10.3. The molecule has 0 fully saturated rings. The Kier molecular flexibility index (Phi) is 7.72. The highest BCUT2D eigenvalue weighted by atomic mass is 16.5. The van der Waals surface area contributed by atoms with Crippen LogP contribution in [0.5, 0.6) is 23.0 Å². The molecule has 0 aliphatic rings. The highest BCUT2D eigenvalue weighted by Crippen LogP contribution is 2.25. The van der Waals surface area contributed by atoms with Crippen molar-refractivity contribution < 1.29 is 28.5 Å². The number of carbonyl (C=O) groups is 2. The van der Waals surface area contributed by atoms with Crippen LogP contribution in [0.1, 0.15) is 26.3 Å². The number of hydrogen-bond acceptors (Lipinski definition) is 6. The molecule has 0 saturated heterocycles. The van der Waals surface area contributed by atoms with Gasteiger partial charge in [0.2, 0.25) is 0 Å². The molecule has 0 heterocycles. The maximum Gasteiger partial charge on any atom is 0.343 e. The van der Waals surface area contributed by atoms with Gasteiger partial charge >= 0.3 is 11.9 Å². The number of terminal acetylenes is 2. The SMILES string of the molecule is C#CCOc1ccc(C(=O)Oc2ccc(OC(=O)c3ccc(OCC#C)cc3)c(C)c2)cc1. The van der Waals surface area contributed by atoms with Crippen molar-refractivity contribution in [1.82, 2.24) is 0 Å². The second kappa shape index (κ2) is 11.1. The highest BCUT2D eigenvalue weighted by molar-refractivity contribution is 5.92. The van der Waals surface area contributed by atoms with Crippen molar-refractivity contribution in [2.45, 2.75) is 6.92 Å². The van der Waals surface area contributed by atoms with Gasteiger partial charge in [-0.25, -0.2) is 9.59 Å². The second-order valence-corrected chi connectivity index (χ2v) is 6.74. The van der Waals surface area contributed by atoms with Crippen molar-refractivity contribution in [2.24, 2.45) is 0 Å². The Bertz CT molecular complexity index is 1210. The number of rotatable bonds is 8. The predicted molar refractivity (Wildman–Crippen MR) is 123 cm³/mol. The smallest absolute Gasteiger partial charge is 0.343 e. The summed E-state index contributed by atoms with van der Waals surface area (Å²) in [6, 6.07) is 17.6. The van der Waals surface area contributed by atoms with E-state index in [-0.39, 0.29) is 13.2 Å². The van der Waals surface area contributed by atoms with Gasteiger partial charge < -0.3 is 18.9 Å². The van der Waals surface area contributed by atoms with Crippen molar-refractivity contribution in [3.63, 3.8) is 0 Å². The van der Waals surface area contributed by atoms with Gasteiger partial charge in [0, 0.05) is 0 Å². The first-order valence-corrected chi connectivity index (χ1v) is 9.88. The third-order valence-electron chi connectivity index (χ3n) is 4.38. The number of benzene rings is 3. The molecule has 6 heteroatoms. The molecule has 0 radical (unpaired) electrons. The molecule has 0 amide bonds.